The lowest BCUT2D eigenvalue weighted by atomic mass is 10.1. The number of hydrogen-bond donors (Lipinski definition) is 2. The van der Waals surface area contributed by atoms with Crippen molar-refractivity contribution in [1.82, 2.24) is 9.97 Å². The number of aromatic amines is 1. The second-order valence-electron chi connectivity index (χ2n) is 6.71. The number of rotatable bonds is 4. The summed E-state index contributed by atoms with van der Waals surface area (Å²) in [5, 5.41) is 2.93. The minimum Gasteiger partial charge on any atom is -0.427 e. The summed E-state index contributed by atoms with van der Waals surface area (Å²) in [6, 6.07) is 20.1. The molecule has 0 fully saturated rings. The van der Waals surface area contributed by atoms with Crippen LogP contribution in [0.25, 0.3) is 22.4 Å². The fourth-order valence-corrected chi connectivity index (χ4v) is 3.05. The SMILES string of the molecule is CC(=O)Oc1cccc(C(=O)Nc2cc(-c3nc4ccccc4[nH]3)ccc2C)c1. The van der Waals surface area contributed by atoms with E-state index >= 15 is 0 Å². The van der Waals surface area contributed by atoms with Crippen molar-refractivity contribution in [2.45, 2.75) is 13.8 Å². The quantitative estimate of drug-likeness (QED) is 0.393. The largest absolute Gasteiger partial charge is 0.427 e. The van der Waals surface area contributed by atoms with Crippen molar-refractivity contribution in [2.24, 2.45) is 0 Å². The molecule has 0 radical (unpaired) electrons. The fraction of sp³-hybridized carbons (Fsp3) is 0.0870. The molecule has 0 atom stereocenters. The van der Waals surface area contributed by atoms with Crippen LogP contribution in [0.1, 0.15) is 22.8 Å². The number of imidazole rings is 1. The molecule has 6 heteroatoms. The van der Waals surface area contributed by atoms with Crippen LogP contribution < -0.4 is 10.1 Å². The van der Waals surface area contributed by atoms with Gasteiger partial charge in [-0.25, -0.2) is 4.98 Å². The molecular formula is C23H19N3O3. The molecule has 1 heterocycles. The first-order valence-electron chi connectivity index (χ1n) is 9.15. The highest BCUT2D eigenvalue weighted by molar-refractivity contribution is 6.05. The molecule has 4 rings (SSSR count). The van der Waals surface area contributed by atoms with Gasteiger partial charge in [-0.05, 0) is 48.9 Å². The Balaban J connectivity index is 1.61. The number of H-pyrrole nitrogens is 1. The molecule has 0 unspecified atom stereocenters. The molecule has 0 saturated heterocycles. The van der Waals surface area contributed by atoms with Gasteiger partial charge in [-0.1, -0.05) is 30.3 Å². The van der Waals surface area contributed by atoms with Gasteiger partial charge in [-0.15, -0.1) is 0 Å². The third-order valence-corrected chi connectivity index (χ3v) is 4.51. The molecule has 1 amide bonds. The number of esters is 1. The molecule has 0 aliphatic heterocycles. The normalized spacial score (nSPS) is 10.7. The lowest BCUT2D eigenvalue weighted by Gasteiger charge is -2.11. The average molecular weight is 385 g/mol. The van der Waals surface area contributed by atoms with E-state index in [1.807, 2.05) is 49.4 Å². The molecule has 0 spiro atoms. The third-order valence-electron chi connectivity index (χ3n) is 4.51. The second-order valence-corrected chi connectivity index (χ2v) is 6.71. The Morgan fingerprint density at radius 2 is 1.83 bits per heavy atom. The molecule has 4 aromatic rings. The lowest BCUT2D eigenvalue weighted by Crippen LogP contribution is -2.13. The zero-order valence-corrected chi connectivity index (χ0v) is 16.0. The first-order chi connectivity index (χ1) is 14.0. The second kappa shape index (κ2) is 7.59. The maximum atomic E-state index is 12.7. The van der Waals surface area contributed by atoms with Crippen LogP contribution >= 0.6 is 0 Å². The summed E-state index contributed by atoms with van der Waals surface area (Å²) in [6.07, 6.45) is 0. The van der Waals surface area contributed by atoms with Crippen molar-refractivity contribution in [1.29, 1.82) is 0 Å². The maximum Gasteiger partial charge on any atom is 0.308 e. The van der Waals surface area contributed by atoms with E-state index in [9.17, 15) is 9.59 Å². The predicted octanol–water partition coefficient (Wildman–Crippen LogP) is 4.72. The number of para-hydroxylation sites is 2. The van der Waals surface area contributed by atoms with Crippen LogP contribution in [0.15, 0.2) is 66.7 Å². The molecule has 144 valence electrons. The van der Waals surface area contributed by atoms with Crippen LogP contribution in [0.2, 0.25) is 0 Å². The standard InChI is InChI=1S/C23H19N3O3/c1-14-10-11-16(22-24-19-8-3-4-9-20(19)25-22)13-21(14)26-23(28)17-6-5-7-18(12-17)29-15(2)27/h3-13H,1-2H3,(H,24,25)(H,26,28). The van der Waals surface area contributed by atoms with Gasteiger partial charge in [0.25, 0.3) is 5.91 Å². The highest BCUT2D eigenvalue weighted by Crippen LogP contribution is 2.26. The number of fused-ring (bicyclic) bond motifs is 1. The summed E-state index contributed by atoms with van der Waals surface area (Å²) in [5.41, 5.74) is 4.72. The minimum atomic E-state index is -0.433. The molecule has 2 N–H and O–H groups in total. The lowest BCUT2D eigenvalue weighted by molar-refractivity contribution is -0.131. The summed E-state index contributed by atoms with van der Waals surface area (Å²) in [5.74, 6) is 0.345. The molecule has 0 bridgehead atoms. The van der Waals surface area contributed by atoms with E-state index in [1.165, 1.54) is 13.0 Å². The number of anilines is 1. The van der Waals surface area contributed by atoms with Crippen molar-refractivity contribution >= 4 is 28.6 Å². The summed E-state index contributed by atoms with van der Waals surface area (Å²) in [4.78, 5) is 31.8. The molecular weight excluding hydrogens is 366 g/mol. The van der Waals surface area contributed by atoms with E-state index in [1.54, 1.807) is 18.2 Å². The van der Waals surface area contributed by atoms with Crippen molar-refractivity contribution in [3.8, 4) is 17.1 Å². The number of hydrogen-bond acceptors (Lipinski definition) is 4. The van der Waals surface area contributed by atoms with Crippen LogP contribution in [0.5, 0.6) is 5.75 Å². The maximum absolute atomic E-state index is 12.7. The Morgan fingerprint density at radius 1 is 1.00 bits per heavy atom. The van der Waals surface area contributed by atoms with E-state index in [-0.39, 0.29) is 5.91 Å². The van der Waals surface area contributed by atoms with Crippen LogP contribution in [0.4, 0.5) is 5.69 Å². The van der Waals surface area contributed by atoms with Crippen molar-refractivity contribution < 1.29 is 14.3 Å². The average Bonchev–Trinajstić information content (AvgIpc) is 3.13. The first kappa shape index (κ1) is 18.4. The van der Waals surface area contributed by atoms with Crippen LogP contribution in [0.3, 0.4) is 0 Å². The van der Waals surface area contributed by atoms with Gasteiger partial charge in [0.05, 0.1) is 11.0 Å². The van der Waals surface area contributed by atoms with Crippen molar-refractivity contribution in [3.63, 3.8) is 0 Å². The van der Waals surface area contributed by atoms with E-state index < -0.39 is 5.97 Å². The Labute approximate surface area is 167 Å². The molecule has 0 saturated carbocycles. The molecule has 0 aliphatic carbocycles. The number of nitrogens with zero attached hydrogens (tertiary/aromatic N) is 1. The predicted molar refractivity (Wildman–Crippen MR) is 112 cm³/mol. The summed E-state index contributed by atoms with van der Waals surface area (Å²) in [7, 11) is 0. The highest BCUT2D eigenvalue weighted by Gasteiger charge is 2.12. The number of aryl methyl sites for hydroxylation is 1. The van der Waals surface area contributed by atoms with Crippen LogP contribution in [-0.4, -0.2) is 21.8 Å². The Kier molecular flexibility index (Phi) is 4.83. The fourth-order valence-electron chi connectivity index (χ4n) is 3.05. The molecule has 6 nitrogen and oxygen atoms in total. The van der Waals surface area contributed by atoms with Gasteiger partial charge in [0.1, 0.15) is 11.6 Å². The van der Waals surface area contributed by atoms with E-state index in [4.69, 9.17) is 4.74 Å². The van der Waals surface area contributed by atoms with Crippen LogP contribution in [-0.2, 0) is 4.79 Å². The molecule has 1 aromatic heterocycles. The summed E-state index contributed by atoms with van der Waals surface area (Å²) >= 11 is 0. The number of benzene rings is 3. The number of aromatic nitrogens is 2. The monoisotopic (exact) mass is 385 g/mol. The highest BCUT2D eigenvalue weighted by atomic mass is 16.5. The van der Waals surface area contributed by atoms with Crippen molar-refractivity contribution in [2.75, 3.05) is 5.32 Å². The zero-order chi connectivity index (χ0) is 20.4. The van der Waals surface area contributed by atoms with E-state index in [2.05, 4.69) is 15.3 Å². The Bertz CT molecular complexity index is 1190. The van der Waals surface area contributed by atoms with Crippen LogP contribution in [0, 0.1) is 6.92 Å². The summed E-state index contributed by atoms with van der Waals surface area (Å²) < 4.78 is 5.05. The topological polar surface area (TPSA) is 84.1 Å². The molecule has 29 heavy (non-hydrogen) atoms. The van der Waals surface area contributed by atoms with Gasteiger partial charge in [0, 0.05) is 23.7 Å². The van der Waals surface area contributed by atoms with E-state index in [0.717, 1.165) is 28.0 Å². The number of carbonyl (C=O) groups is 2. The van der Waals surface area contributed by atoms with Crippen molar-refractivity contribution in [3.05, 3.63) is 77.9 Å². The van der Waals surface area contributed by atoms with Gasteiger partial charge in [-0.3, -0.25) is 9.59 Å². The smallest absolute Gasteiger partial charge is 0.308 e. The number of amides is 1. The molecule has 0 aliphatic rings. The first-order valence-corrected chi connectivity index (χ1v) is 9.15. The number of carbonyl (C=O) groups excluding carboxylic acids is 2. The number of ether oxygens (including phenoxy) is 1. The van der Waals surface area contributed by atoms with Gasteiger partial charge in [0.15, 0.2) is 0 Å². The third kappa shape index (κ3) is 4.01. The number of nitrogens with one attached hydrogen (secondary N) is 2. The Morgan fingerprint density at radius 3 is 2.62 bits per heavy atom. The van der Waals surface area contributed by atoms with E-state index in [0.29, 0.717) is 17.0 Å². The van der Waals surface area contributed by atoms with Gasteiger partial charge >= 0.3 is 5.97 Å². The van der Waals surface area contributed by atoms with Gasteiger partial charge < -0.3 is 15.0 Å². The van der Waals surface area contributed by atoms with Gasteiger partial charge in [0.2, 0.25) is 0 Å². The molecule has 3 aromatic carbocycles. The van der Waals surface area contributed by atoms with Gasteiger partial charge in [-0.2, -0.15) is 0 Å². The summed E-state index contributed by atoms with van der Waals surface area (Å²) in [6.45, 7) is 3.24. The minimum absolute atomic E-state index is 0.288. The zero-order valence-electron chi connectivity index (χ0n) is 16.0. The Hall–Kier alpha value is -3.93.